The van der Waals surface area contributed by atoms with Crippen LogP contribution in [-0.4, -0.2) is 23.3 Å². The van der Waals surface area contributed by atoms with E-state index < -0.39 is 0 Å². The predicted molar refractivity (Wildman–Crippen MR) is 75.5 cm³/mol. The standard InChI is InChI=1S/C16H25NO2/c1-3-5-8-12(4-2)11-17-15(18)13-9-6-7-10-14(13)16(17)19/h12H,3-11H2,1-2H3. The topological polar surface area (TPSA) is 37.4 Å². The number of carbonyl (C=O) groups is 2. The molecule has 0 saturated heterocycles. The van der Waals surface area contributed by atoms with Gasteiger partial charge in [0.25, 0.3) is 11.8 Å². The maximum atomic E-state index is 12.3. The summed E-state index contributed by atoms with van der Waals surface area (Å²) in [7, 11) is 0. The van der Waals surface area contributed by atoms with E-state index in [2.05, 4.69) is 13.8 Å². The fraction of sp³-hybridized carbons (Fsp3) is 0.750. The summed E-state index contributed by atoms with van der Waals surface area (Å²) in [5.74, 6) is 0.485. The third-order valence-corrected chi connectivity index (χ3v) is 4.46. The van der Waals surface area contributed by atoms with E-state index in [1.807, 2.05) is 0 Å². The average Bonchev–Trinajstić information content (AvgIpc) is 2.68. The van der Waals surface area contributed by atoms with Gasteiger partial charge in [-0.25, -0.2) is 0 Å². The van der Waals surface area contributed by atoms with E-state index in [0.29, 0.717) is 12.5 Å². The Balaban J connectivity index is 2.02. The van der Waals surface area contributed by atoms with E-state index in [1.54, 1.807) is 0 Å². The second kappa shape index (κ2) is 6.36. The lowest BCUT2D eigenvalue weighted by Crippen LogP contribution is -2.36. The van der Waals surface area contributed by atoms with Crippen LogP contribution in [0.25, 0.3) is 0 Å². The van der Waals surface area contributed by atoms with E-state index in [0.717, 1.165) is 49.7 Å². The maximum Gasteiger partial charge on any atom is 0.257 e. The van der Waals surface area contributed by atoms with Crippen molar-refractivity contribution in [1.82, 2.24) is 4.90 Å². The second-order valence-electron chi connectivity index (χ2n) is 5.80. The minimum Gasteiger partial charge on any atom is -0.275 e. The van der Waals surface area contributed by atoms with E-state index in [4.69, 9.17) is 0 Å². The highest BCUT2D eigenvalue weighted by Crippen LogP contribution is 2.33. The molecule has 2 aliphatic rings. The van der Waals surface area contributed by atoms with E-state index >= 15 is 0 Å². The largest absolute Gasteiger partial charge is 0.275 e. The quantitative estimate of drug-likeness (QED) is 0.688. The summed E-state index contributed by atoms with van der Waals surface area (Å²) in [5.41, 5.74) is 1.64. The first kappa shape index (κ1) is 14.3. The SMILES string of the molecule is CCCCC(CC)CN1C(=O)C2=C(CCCC2)C1=O. The van der Waals surface area contributed by atoms with Crippen molar-refractivity contribution in [2.24, 2.45) is 5.92 Å². The average molecular weight is 263 g/mol. The molecule has 1 unspecified atom stereocenters. The molecule has 2 rings (SSSR count). The molecule has 0 fully saturated rings. The smallest absolute Gasteiger partial charge is 0.257 e. The van der Waals surface area contributed by atoms with Gasteiger partial charge in [-0.05, 0) is 38.0 Å². The van der Waals surface area contributed by atoms with Crippen LogP contribution in [0.1, 0.15) is 65.2 Å². The lowest BCUT2D eigenvalue weighted by molar-refractivity contribution is -0.138. The fourth-order valence-electron chi connectivity index (χ4n) is 3.14. The van der Waals surface area contributed by atoms with Gasteiger partial charge in [0.2, 0.25) is 0 Å². The summed E-state index contributed by atoms with van der Waals surface area (Å²) in [6.07, 6.45) is 8.24. The third kappa shape index (κ3) is 2.90. The summed E-state index contributed by atoms with van der Waals surface area (Å²) in [6.45, 7) is 4.96. The summed E-state index contributed by atoms with van der Waals surface area (Å²) < 4.78 is 0. The Hall–Kier alpha value is -1.12. The van der Waals surface area contributed by atoms with E-state index in [1.165, 1.54) is 17.7 Å². The van der Waals surface area contributed by atoms with Crippen LogP contribution in [0.2, 0.25) is 0 Å². The Bertz CT molecular complexity index is 370. The van der Waals surface area contributed by atoms with Crippen LogP contribution in [0.4, 0.5) is 0 Å². The van der Waals surface area contributed by atoms with Crippen LogP contribution in [0, 0.1) is 5.92 Å². The first-order chi connectivity index (χ1) is 9.19. The molecule has 3 heteroatoms. The molecule has 0 spiro atoms. The molecule has 0 saturated carbocycles. The summed E-state index contributed by atoms with van der Waals surface area (Å²) in [6, 6.07) is 0. The minimum atomic E-state index is 0.00893. The van der Waals surface area contributed by atoms with Crippen LogP contribution in [-0.2, 0) is 9.59 Å². The Labute approximate surface area is 116 Å². The number of rotatable bonds is 6. The zero-order valence-corrected chi connectivity index (χ0v) is 12.2. The zero-order valence-electron chi connectivity index (χ0n) is 12.2. The molecule has 3 nitrogen and oxygen atoms in total. The highest BCUT2D eigenvalue weighted by atomic mass is 16.2. The number of unbranched alkanes of at least 4 members (excludes halogenated alkanes) is 1. The normalized spacial score (nSPS) is 21.1. The number of imide groups is 1. The van der Waals surface area contributed by atoms with Gasteiger partial charge in [-0.1, -0.05) is 33.1 Å². The Morgan fingerprint density at radius 1 is 1.05 bits per heavy atom. The van der Waals surface area contributed by atoms with Crippen molar-refractivity contribution in [3.8, 4) is 0 Å². The summed E-state index contributed by atoms with van der Waals surface area (Å²) >= 11 is 0. The number of amides is 2. The molecule has 0 aromatic rings. The highest BCUT2D eigenvalue weighted by molar-refractivity contribution is 6.19. The maximum absolute atomic E-state index is 12.3. The van der Waals surface area contributed by atoms with E-state index in [9.17, 15) is 9.59 Å². The molecule has 1 atom stereocenters. The lowest BCUT2D eigenvalue weighted by Gasteiger charge is -2.22. The molecule has 0 N–H and O–H groups in total. The van der Waals surface area contributed by atoms with Crippen molar-refractivity contribution in [2.75, 3.05) is 6.54 Å². The van der Waals surface area contributed by atoms with Crippen LogP contribution >= 0.6 is 0 Å². The molecule has 1 heterocycles. The summed E-state index contributed by atoms with van der Waals surface area (Å²) in [4.78, 5) is 26.2. The molecule has 1 aliphatic heterocycles. The highest BCUT2D eigenvalue weighted by Gasteiger charge is 2.39. The van der Waals surface area contributed by atoms with Crippen molar-refractivity contribution in [3.63, 3.8) is 0 Å². The van der Waals surface area contributed by atoms with Gasteiger partial charge in [0, 0.05) is 17.7 Å². The Morgan fingerprint density at radius 3 is 2.11 bits per heavy atom. The minimum absolute atomic E-state index is 0.00893. The number of nitrogens with zero attached hydrogens (tertiary/aromatic N) is 1. The van der Waals surface area contributed by atoms with Crippen LogP contribution in [0.3, 0.4) is 0 Å². The predicted octanol–water partition coefficient (Wildman–Crippen LogP) is 3.44. The molecule has 2 amide bonds. The molecule has 1 aliphatic carbocycles. The van der Waals surface area contributed by atoms with Crippen LogP contribution in [0.5, 0.6) is 0 Å². The monoisotopic (exact) mass is 263 g/mol. The molecule has 0 radical (unpaired) electrons. The molecule has 19 heavy (non-hydrogen) atoms. The van der Waals surface area contributed by atoms with Gasteiger partial charge in [-0.3, -0.25) is 14.5 Å². The van der Waals surface area contributed by atoms with Gasteiger partial charge >= 0.3 is 0 Å². The van der Waals surface area contributed by atoms with Crippen molar-refractivity contribution < 1.29 is 9.59 Å². The number of carbonyl (C=O) groups excluding carboxylic acids is 2. The van der Waals surface area contributed by atoms with Crippen molar-refractivity contribution >= 4 is 11.8 Å². The van der Waals surface area contributed by atoms with Gasteiger partial charge in [-0.2, -0.15) is 0 Å². The third-order valence-electron chi connectivity index (χ3n) is 4.46. The zero-order chi connectivity index (χ0) is 13.8. The Morgan fingerprint density at radius 2 is 1.63 bits per heavy atom. The first-order valence-corrected chi connectivity index (χ1v) is 7.77. The lowest BCUT2D eigenvalue weighted by atomic mass is 9.93. The van der Waals surface area contributed by atoms with Gasteiger partial charge in [-0.15, -0.1) is 0 Å². The molecule has 0 bridgehead atoms. The van der Waals surface area contributed by atoms with Gasteiger partial charge in [0.15, 0.2) is 0 Å². The van der Waals surface area contributed by atoms with Crippen molar-refractivity contribution in [2.45, 2.75) is 65.2 Å². The van der Waals surface area contributed by atoms with Gasteiger partial charge < -0.3 is 0 Å². The van der Waals surface area contributed by atoms with Gasteiger partial charge in [0.05, 0.1) is 0 Å². The first-order valence-electron chi connectivity index (χ1n) is 7.77. The van der Waals surface area contributed by atoms with Crippen molar-refractivity contribution in [3.05, 3.63) is 11.1 Å². The fourth-order valence-corrected chi connectivity index (χ4v) is 3.14. The number of hydrogen-bond acceptors (Lipinski definition) is 2. The number of hydrogen-bond donors (Lipinski definition) is 0. The van der Waals surface area contributed by atoms with Gasteiger partial charge in [0.1, 0.15) is 0 Å². The molecule has 106 valence electrons. The second-order valence-corrected chi connectivity index (χ2v) is 5.80. The van der Waals surface area contributed by atoms with Crippen LogP contribution < -0.4 is 0 Å². The van der Waals surface area contributed by atoms with Crippen molar-refractivity contribution in [1.29, 1.82) is 0 Å². The molecule has 0 aromatic heterocycles. The Kier molecular flexibility index (Phi) is 4.78. The molecule has 0 aromatic carbocycles. The van der Waals surface area contributed by atoms with Crippen LogP contribution in [0.15, 0.2) is 11.1 Å². The summed E-state index contributed by atoms with van der Waals surface area (Å²) in [5, 5.41) is 0. The van der Waals surface area contributed by atoms with E-state index in [-0.39, 0.29) is 11.8 Å². The molecular formula is C16H25NO2. The molecular weight excluding hydrogens is 238 g/mol.